The third kappa shape index (κ3) is 4.59. The van der Waals surface area contributed by atoms with Gasteiger partial charge in [0.05, 0.1) is 24.0 Å². The van der Waals surface area contributed by atoms with E-state index in [1.54, 1.807) is 13.2 Å². The molecule has 0 aromatic heterocycles. The van der Waals surface area contributed by atoms with E-state index in [9.17, 15) is 9.18 Å². The smallest absolute Gasteiger partial charge is 0.319 e. The van der Waals surface area contributed by atoms with Crippen LogP contribution in [0.2, 0.25) is 0 Å². The highest BCUT2D eigenvalue weighted by Gasteiger charge is 2.17. The molecular weight excluding hydrogens is 285 g/mol. The molecule has 2 amide bonds. The van der Waals surface area contributed by atoms with Crippen LogP contribution in [0.3, 0.4) is 0 Å². The molecule has 1 aromatic carbocycles. The number of hydrogen-bond donors (Lipinski definition) is 2. The fraction of sp³-hybridized carbons (Fsp3) is 0.562. The molecule has 0 aliphatic carbocycles. The predicted octanol–water partition coefficient (Wildman–Crippen LogP) is 2.97. The second-order valence-corrected chi connectivity index (χ2v) is 5.66. The van der Waals surface area contributed by atoms with Crippen LogP contribution in [0.5, 0.6) is 0 Å². The van der Waals surface area contributed by atoms with Gasteiger partial charge in [0.15, 0.2) is 0 Å². The van der Waals surface area contributed by atoms with Gasteiger partial charge in [-0.3, -0.25) is 0 Å². The van der Waals surface area contributed by atoms with Gasteiger partial charge in [-0.1, -0.05) is 0 Å². The van der Waals surface area contributed by atoms with E-state index in [-0.39, 0.29) is 17.9 Å². The highest BCUT2D eigenvalue weighted by Crippen LogP contribution is 2.29. The lowest BCUT2D eigenvalue weighted by molar-refractivity contribution is 0.173. The molecule has 0 saturated carbocycles. The number of methoxy groups -OCH3 is 1. The zero-order valence-electron chi connectivity index (χ0n) is 13.2. The average Bonchev–Trinajstić information content (AvgIpc) is 2.48. The van der Waals surface area contributed by atoms with Crippen LogP contribution in [0.15, 0.2) is 18.2 Å². The Bertz CT molecular complexity index is 504. The van der Waals surface area contributed by atoms with Crippen LogP contribution in [-0.4, -0.2) is 38.9 Å². The lowest BCUT2D eigenvalue weighted by Crippen LogP contribution is -2.39. The van der Waals surface area contributed by atoms with Crippen LogP contribution >= 0.6 is 0 Å². The van der Waals surface area contributed by atoms with Crippen LogP contribution in [-0.2, 0) is 4.74 Å². The number of piperidine rings is 1. The number of rotatable bonds is 5. The number of benzene rings is 1. The zero-order chi connectivity index (χ0) is 15.9. The predicted molar refractivity (Wildman–Crippen MR) is 86.0 cm³/mol. The molecule has 1 aliphatic rings. The fourth-order valence-corrected chi connectivity index (χ4v) is 2.69. The lowest BCUT2D eigenvalue weighted by atomic mass is 10.1. The third-order valence-corrected chi connectivity index (χ3v) is 3.70. The van der Waals surface area contributed by atoms with E-state index in [4.69, 9.17) is 4.74 Å². The van der Waals surface area contributed by atoms with Crippen molar-refractivity contribution in [1.29, 1.82) is 0 Å². The van der Waals surface area contributed by atoms with E-state index in [1.807, 2.05) is 6.92 Å². The monoisotopic (exact) mass is 309 g/mol. The maximum atomic E-state index is 13.5. The summed E-state index contributed by atoms with van der Waals surface area (Å²) in [6, 6.07) is 4.06. The molecule has 1 aromatic rings. The van der Waals surface area contributed by atoms with Gasteiger partial charge in [0.1, 0.15) is 5.82 Å². The van der Waals surface area contributed by atoms with Crippen LogP contribution < -0.4 is 15.5 Å². The van der Waals surface area contributed by atoms with Gasteiger partial charge in [0.2, 0.25) is 0 Å². The van der Waals surface area contributed by atoms with Crippen molar-refractivity contribution in [2.24, 2.45) is 0 Å². The summed E-state index contributed by atoms with van der Waals surface area (Å²) < 4.78 is 18.5. The molecule has 0 bridgehead atoms. The van der Waals surface area contributed by atoms with E-state index < -0.39 is 0 Å². The Hall–Kier alpha value is -1.82. The van der Waals surface area contributed by atoms with Crippen molar-refractivity contribution in [3.8, 4) is 0 Å². The summed E-state index contributed by atoms with van der Waals surface area (Å²) in [5.41, 5.74) is 1.37. The zero-order valence-corrected chi connectivity index (χ0v) is 13.2. The Labute approximate surface area is 130 Å². The first-order valence-electron chi connectivity index (χ1n) is 7.71. The van der Waals surface area contributed by atoms with Crippen LogP contribution in [0.25, 0.3) is 0 Å². The number of amides is 2. The standard InChI is InChI=1S/C16H24FN3O2/c1-12(11-22-2)18-16(21)19-14-10-13(17)6-7-15(14)20-8-4-3-5-9-20/h6-7,10,12H,3-5,8-9,11H2,1-2H3,(H2,18,19,21)/t12-/m1/s1. The first-order valence-corrected chi connectivity index (χ1v) is 7.71. The minimum Gasteiger partial charge on any atom is -0.383 e. The highest BCUT2D eigenvalue weighted by atomic mass is 19.1. The number of halogens is 1. The Balaban J connectivity index is 2.08. The van der Waals surface area contributed by atoms with E-state index in [0.717, 1.165) is 31.6 Å². The Morgan fingerprint density at radius 2 is 2.09 bits per heavy atom. The van der Waals surface area contributed by atoms with Gasteiger partial charge >= 0.3 is 6.03 Å². The van der Waals surface area contributed by atoms with Crippen molar-refractivity contribution in [2.75, 3.05) is 37.0 Å². The van der Waals surface area contributed by atoms with Crippen molar-refractivity contribution in [3.63, 3.8) is 0 Å². The Morgan fingerprint density at radius 1 is 1.36 bits per heavy atom. The molecule has 1 fully saturated rings. The number of anilines is 2. The van der Waals surface area contributed by atoms with E-state index in [0.29, 0.717) is 12.3 Å². The largest absolute Gasteiger partial charge is 0.383 e. The van der Waals surface area contributed by atoms with Crippen molar-refractivity contribution in [3.05, 3.63) is 24.0 Å². The van der Waals surface area contributed by atoms with Crippen molar-refractivity contribution >= 4 is 17.4 Å². The molecule has 6 heteroatoms. The number of carbonyl (C=O) groups excluding carboxylic acids is 1. The van der Waals surface area contributed by atoms with Crippen LogP contribution in [0.4, 0.5) is 20.6 Å². The highest BCUT2D eigenvalue weighted by molar-refractivity contribution is 5.93. The molecular formula is C16H24FN3O2. The maximum absolute atomic E-state index is 13.5. The molecule has 1 heterocycles. The van der Waals surface area contributed by atoms with Crippen LogP contribution in [0.1, 0.15) is 26.2 Å². The first kappa shape index (κ1) is 16.5. The van der Waals surface area contributed by atoms with Gasteiger partial charge in [-0.25, -0.2) is 9.18 Å². The summed E-state index contributed by atoms with van der Waals surface area (Å²) in [5, 5.41) is 5.51. The molecule has 1 atom stereocenters. The summed E-state index contributed by atoms with van der Waals surface area (Å²) in [5.74, 6) is -0.360. The van der Waals surface area contributed by atoms with Gasteiger partial charge < -0.3 is 20.3 Å². The molecule has 0 radical (unpaired) electrons. The first-order chi connectivity index (χ1) is 10.6. The second kappa shape index (κ2) is 7.98. The molecule has 1 saturated heterocycles. The molecule has 2 rings (SSSR count). The summed E-state index contributed by atoms with van der Waals surface area (Å²) in [7, 11) is 1.58. The Kier molecular flexibility index (Phi) is 6.00. The minimum atomic E-state index is -0.360. The average molecular weight is 309 g/mol. The molecule has 122 valence electrons. The maximum Gasteiger partial charge on any atom is 0.319 e. The normalized spacial score (nSPS) is 16.2. The molecule has 1 aliphatic heterocycles. The van der Waals surface area contributed by atoms with Crippen molar-refractivity contribution < 1.29 is 13.9 Å². The van der Waals surface area contributed by atoms with Crippen molar-refractivity contribution in [1.82, 2.24) is 5.32 Å². The molecule has 5 nitrogen and oxygen atoms in total. The molecule has 22 heavy (non-hydrogen) atoms. The summed E-state index contributed by atoms with van der Waals surface area (Å²) in [6.07, 6.45) is 3.46. The number of nitrogens with zero attached hydrogens (tertiary/aromatic N) is 1. The van der Waals surface area contributed by atoms with Crippen molar-refractivity contribution in [2.45, 2.75) is 32.2 Å². The van der Waals surface area contributed by atoms with E-state index in [2.05, 4.69) is 15.5 Å². The topological polar surface area (TPSA) is 53.6 Å². The van der Waals surface area contributed by atoms with Gasteiger partial charge in [0, 0.05) is 20.2 Å². The van der Waals surface area contributed by atoms with Crippen LogP contribution in [0, 0.1) is 5.82 Å². The van der Waals surface area contributed by atoms with E-state index in [1.165, 1.54) is 18.6 Å². The second-order valence-electron chi connectivity index (χ2n) is 5.66. The minimum absolute atomic E-state index is 0.114. The van der Waals surface area contributed by atoms with Gasteiger partial charge in [0.25, 0.3) is 0 Å². The third-order valence-electron chi connectivity index (χ3n) is 3.70. The Morgan fingerprint density at radius 3 is 2.77 bits per heavy atom. The summed E-state index contributed by atoms with van der Waals surface area (Å²) >= 11 is 0. The number of nitrogens with one attached hydrogen (secondary N) is 2. The SMILES string of the molecule is COC[C@@H](C)NC(=O)Nc1cc(F)ccc1N1CCCCC1. The number of ether oxygens (including phenoxy) is 1. The number of carbonyl (C=O) groups is 1. The summed E-state index contributed by atoms with van der Waals surface area (Å²) in [6.45, 7) is 4.14. The van der Waals surface area contributed by atoms with Gasteiger partial charge in [-0.05, 0) is 44.4 Å². The summed E-state index contributed by atoms with van der Waals surface area (Å²) in [4.78, 5) is 14.2. The number of hydrogen-bond acceptors (Lipinski definition) is 3. The fourth-order valence-electron chi connectivity index (χ4n) is 2.69. The lowest BCUT2D eigenvalue weighted by Gasteiger charge is -2.30. The number of urea groups is 1. The molecule has 2 N–H and O–H groups in total. The molecule has 0 unspecified atom stereocenters. The van der Waals surface area contributed by atoms with Gasteiger partial charge in [-0.15, -0.1) is 0 Å². The van der Waals surface area contributed by atoms with E-state index >= 15 is 0 Å². The molecule has 0 spiro atoms. The van der Waals surface area contributed by atoms with Gasteiger partial charge in [-0.2, -0.15) is 0 Å². The quantitative estimate of drug-likeness (QED) is 0.879.